The number of aromatic nitrogens is 1. The minimum atomic E-state index is -0.507. The molecule has 3 heterocycles. The number of methoxy groups -OCH3 is 1. The predicted octanol–water partition coefficient (Wildman–Crippen LogP) is 3.19. The minimum absolute atomic E-state index is 0.0176. The van der Waals surface area contributed by atoms with Gasteiger partial charge in [-0.15, -0.1) is 0 Å². The first kappa shape index (κ1) is 17.7. The first-order chi connectivity index (χ1) is 11.8. The maximum Gasteiger partial charge on any atom is 0.411 e. The molecule has 0 radical (unpaired) electrons. The summed E-state index contributed by atoms with van der Waals surface area (Å²) in [6.45, 7) is 8.64. The van der Waals surface area contributed by atoms with Crippen molar-refractivity contribution < 1.29 is 19.0 Å². The molecule has 0 saturated carbocycles. The van der Waals surface area contributed by atoms with Gasteiger partial charge in [-0.25, -0.2) is 9.78 Å². The summed E-state index contributed by atoms with van der Waals surface area (Å²) in [5.74, 6) is 0.638. The third-order valence-corrected chi connectivity index (χ3v) is 4.40. The molecule has 0 aromatic carbocycles. The molecule has 1 saturated heterocycles. The third-order valence-electron chi connectivity index (χ3n) is 4.40. The van der Waals surface area contributed by atoms with E-state index in [1.54, 1.807) is 7.11 Å². The number of hydrogen-bond donors (Lipinski definition) is 0. The normalized spacial score (nSPS) is 23.1. The number of rotatable bonds is 2. The molecule has 2 aliphatic rings. The van der Waals surface area contributed by atoms with Gasteiger partial charge in [-0.1, -0.05) is 6.08 Å². The van der Waals surface area contributed by atoms with E-state index in [4.69, 9.17) is 14.2 Å². The summed E-state index contributed by atoms with van der Waals surface area (Å²) in [6, 6.07) is 1.95. The maximum absolute atomic E-state index is 12.6. The fourth-order valence-corrected chi connectivity index (χ4v) is 3.36. The summed E-state index contributed by atoms with van der Waals surface area (Å²) in [6.07, 6.45) is 4.38. The fourth-order valence-electron chi connectivity index (χ4n) is 3.36. The fraction of sp³-hybridized carbons (Fsp3) is 0.579. The van der Waals surface area contributed by atoms with E-state index in [1.807, 2.05) is 38.8 Å². The molecular weight excluding hydrogens is 320 g/mol. The van der Waals surface area contributed by atoms with Gasteiger partial charge in [0.1, 0.15) is 5.60 Å². The molecular formula is C19H26N2O4. The van der Waals surface area contributed by atoms with Gasteiger partial charge in [-0.3, -0.25) is 4.90 Å². The Morgan fingerprint density at radius 1 is 1.36 bits per heavy atom. The van der Waals surface area contributed by atoms with Gasteiger partial charge in [0.2, 0.25) is 5.88 Å². The lowest BCUT2D eigenvalue weighted by Crippen LogP contribution is -2.57. The molecule has 25 heavy (non-hydrogen) atoms. The van der Waals surface area contributed by atoms with Crippen LogP contribution in [-0.4, -0.2) is 54.0 Å². The van der Waals surface area contributed by atoms with E-state index >= 15 is 0 Å². The average molecular weight is 346 g/mol. The molecule has 6 nitrogen and oxygen atoms in total. The molecule has 1 fully saturated rings. The van der Waals surface area contributed by atoms with Crippen LogP contribution in [-0.2, 0) is 9.47 Å². The quantitative estimate of drug-likeness (QED) is 0.823. The average Bonchev–Trinajstić information content (AvgIpc) is 2.51. The topological polar surface area (TPSA) is 60.9 Å². The second kappa shape index (κ2) is 6.67. The van der Waals surface area contributed by atoms with E-state index in [-0.39, 0.29) is 18.2 Å². The van der Waals surface area contributed by atoms with Crippen LogP contribution in [0.15, 0.2) is 18.3 Å². The molecule has 2 atom stereocenters. The SMILES string of the molecule is COc1ncc(C2=CC3COCC(C2)N3C(=O)OC(C)(C)C)cc1C. The molecule has 1 aromatic heterocycles. The number of amides is 1. The molecule has 2 aliphatic heterocycles. The van der Waals surface area contributed by atoms with Gasteiger partial charge in [0.05, 0.1) is 32.4 Å². The Bertz CT molecular complexity index is 693. The summed E-state index contributed by atoms with van der Waals surface area (Å²) >= 11 is 0. The smallest absolute Gasteiger partial charge is 0.411 e. The van der Waals surface area contributed by atoms with Crippen molar-refractivity contribution in [3.8, 4) is 5.88 Å². The molecule has 0 aliphatic carbocycles. The van der Waals surface area contributed by atoms with Crippen molar-refractivity contribution >= 4 is 11.7 Å². The summed E-state index contributed by atoms with van der Waals surface area (Å²) in [4.78, 5) is 18.8. The summed E-state index contributed by atoms with van der Waals surface area (Å²) in [7, 11) is 1.62. The van der Waals surface area contributed by atoms with Crippen molar-refractivity contribution in [3.63, 3.8) is 0 Å². The predicted molar refractivity (Wildman–Crippen MR) is 94.6 cm³/mol. The van der Waals surface area contributed by atoms with Crippen molar-refractivity contribution in [1.29, 1.82) is 0 Å². The van der Waals surface area contributed by atoms with E-state index in [1.165, 1.54) is 5.57 Å². The van der Waals surface area contributed by atoms with Crippen LogP contribution in [0.4, 0.5) is 4.79 Å². The second-order valence-electron chi connectivity index (χ2n) is 7.59. The Morgan fingerprint density at radius 2 is 2.12 bits per heavy atom. The monoisotopic (exact) mass is 346 g/mol. The van der Waals surface area contributed by atoms with Gasteiger partial charge < -0.3 is 14.2 Å². The van der Waals surface area contributed by atoms with Crippen LogP contribution in [0.2, 0.25) is 0 Å². The number of fused-ring (bicyclic) bond motifs is 2. The van der Waals surface area contributed by atoms with Crippen LogP contribution in [0, 0.1) is 6.92 Å². The Kier molecular flexibility index (Phi) is 4.73. The van der Waals surface area contributed by atoms with E-state index in [9.17, 15) is 4.79 Å². The zero-order chi connectivity index (χ0) is 18.2. The number of nitrogens with zero attached hydrogens (tertiary/aromatic N) is 2. The Morgan fingerprint density at radius 3 is 2.72 bits per heavy atom. The lowest BCUT2D eigenvalue weighted by molar-refractivity contribution is -0.0510. The first-order valence-corrected chi connectivity index (χ1v) is 8.59. The van der Waals surface area contributed by atoms with Crippen LogP contribution in [0.25, 0.3) is 5.57 Å². The number of carbonyl (C=O) groups excluding carboxylic acids is 1. The van der Waals surface area contributed by atoms with Gasteiger partial charge in [-0.05, 0) is 51.3 Å². The molecule has 0 spiro atoms. The van der Waals surface area contributed by atoms with Crippen molar-refractivity contribution in [2.45, 2.75) is 51.8 Å². The number of ether oxygens (including phenoxy) is 3. The van der Waals surface area contributed by atoms with Crippen LogP contribution >= 0.6 is 0 Å². The van der Waals surface area contributed by atoms with Crippen molar-refractivity contribution in [1.82, 2.24) is 9.88 Å². The Balaban J connectivity index is 1.86. The molecule has 1 amide bonds. The standard InChI is InChI=1S/C19H26N2O4/c1-12-6-14(9-20-17(12)23-5)13-7-15-10-24-11-16(8-13)21(15)18(22)25-19(2,3)4/h6-7,9,15-16H,8,10-11H2,1-5H3. The van der Waals surface area contributed by atoms with E-state index < -0.39 is 5.60 Å². The third kappa shape index (κ3) is 3.79. The summed E-state index contributed by atoms with van der Waals surface area (Å²) in [5, 5.41) is 0. The molecule has 136 valence electrons. The number of pyridine rings is 1. The van der Waals surface area contributed by atoms with Gasteiger partial charge >= 0.3 is 6.09 Å². The highest BCUT2D eigenvalue weighted by Crippen LogP contribution is 2.34. The van der Waals surface area contributed by atoms with E-state index in [0.717, 1.165) is 17.5 Å². The van der Waals surface area contributed by atoms with Gasteiger partial charge in [0.15, 0.2) is 0 Å². The lowest BCUT2D eigenvalue weighted by Gasteiger charge is -2.44. The molecule has 0 N–H and O–H groups in total. The number of hydrogen-bond acceptors (Lipinski definition) is 5. The summed E-state index contributed by atoms with van der Waals surface area (Å²) in [5.41, 5.74) is 2.75. The highest BCUT2D eigenvalue weighted by Gasteiger charge is 2.40. The number of aryl methyl sites for hydroxylation is 1. The van der Waals surface area contributed by atoms with Crippen LogP contribution < -0.4 is 4.74 Å². The Hall–Kier alpha value is -2.08. The minimum Gasteiger partial charge on any atom is -0.481 e. The van der Waals surface area contributed by atoms with Gasteiger partial charge in [-0.2, -0.15) is 0 Å². The van der Waals surface area contributed by atoms with Crippen molar-refractivity contribution in [2.75, 3.05) is 20.3 Å². The first-order valence-electron chi connectivity index (χ1n) is 8.59. The summed E-state index contributed by atoms with van der Waals surface area (Å²) < 4.78 is 16.5. The molecule has 1 aromatic rings. The van der Waals surface area contributed by atoms with Gasteiger partial charge in [0, 0.05) is 11.8 Å². The number of morpholine rings is 1. The zero-order valence-electron chi connectivity index (χ0n) is 15.5. The molecule has 2 bridgehead atoms. The van der Waals surface area contributed by atoms with Crippen LogP contribution in [0.5, 0.6) is 5.88 Å². The van der Waals surface area contributed by atoms with Crippen molar-refractivity contribution in [3.05, 3.63) is 29.5 Å². The lowest BCUT2D eigenvalue weighted by atomic mass is 9.90. The second-order valence-corrected chi connectivity index (χ2v) is 7.59. The van der Waals surface area contributed by atoms with E-state index in [0.29, 0.717) is 19.1 Å². The van der Waals surface area contributed by atoms with E-state index in [2.05, 4.69) is 17.1 Å². The molecule has 6 heteroatoms. The largest absolute Gasteiger partial charge is 0.481 e. The van der Waals surface area contributed by atoms with Gasteiger partial charge in [0.25, 0.3) is 0 Å². The Labute approximate surface area is 148 Å². The molecule has 3 rings (SSSR count). The molecule has 2 unspecified atom stereocenters. The number of carbonyl (C=O) groups is 1. The maximum atomic E-state index is 12.6. The highest BCUT2D eigenvalue weighted by molar-refractivity contribution is 5.75. The highest BCUT2D eigenvalue weighted by atomic mass is 16.6. The van der Waals surface area contributed by atoms with Crippen molar-refractivity contribution in [2.24, 2.45) is 0 Å². The zero-order valence-corrected chi connectivity index (χ0v) is 15.5. The van der Waals surface area contributed by atoms with Crippen LogP contribution in [0.3, 0.4) is 0 Å². The van der Waals surface area contributed by atoms with Crippen LogP contribution in [0.1, 0.15) is 38.3 Å².